The van der Waals surface area contributed by atoms with Gasteiger partial charge in [0.2, 0.25) is 0 Å². The van der Waals surface area contributed by atoms with Crippen molar-refractivity contribution >= 4 is 40.4 Å². The monoisotopic (exact) mass is 170 g/mol. The van der Waals surface area contributed by atoms with Crippen molar-refractivity contribution in [2.24, 2.45) is 0 Å². The summed E-state index contributed by atoms with van der Waals surface area (Å²) in [5, 5.41) is 0. The van der Waals surface area contributed by atoms with Crippen molar-refractivity contribution in [2.45, 2.75) is 0 Å². The second-order valence-corrected chi connectivity index (χ2v) is 0. The van der Waals surface area contributed by atoms with Crippen molar-refractivity contribution in [2.75, 3.05) is 0 Å². The SMILES string of the molecule is [Al].[Mg].[Mn].[Zn]. The largest absolute Gasteiger partial charge is 0 e. The molecule has 0 nitrogen and oxygen atoms in total. The number of rotatable bonds is 0. The van der Waals surface area contributed by atoms with Crippen LogP contribution in [0.1, 0.15) is 0 Å². The molecule has 4 heavy (non-hydrogen) atoms. The van der Waals surface area contributed by atoms with Gasteiger partial charge in [-0.1, -0.05) is 0 Å². The van der Waals surface area contributed by atoms with Gasteiger partial charge in [-0.15, -0.1) is 0 Å². The molecule has 0 aromatic rings. The Labute approximate surface area is 76.0 Å². The maximum Gasteiger partial charge on any atom is 0 e. The molecule has 0 spiro atoms. The molecular formula is AlMgMnZn. The van der Waals surface area contributed by atoms with E-state index in [2.05, 4.69) is 0 Å². The molecule has 0 fully saturated rings. The molecular weight excluding hydrogens is 172 g/mol. The van der Waals surface area contributed by atoms with E-state index in [0.717, 1.165) is 0 Å². The van der Waals surface area contributed by atoms with Crippen molar-refractivity contribution in [3.8, 4) is 0 Å². The molecule has 0 bridgehead atoms. The Hall–Kier alpha value is 2.44. The first kappa shape index (κ1) is 32.0. The molecule has 6 radical (unpaired) electrons. The van der Waals surface area contributed by atoms with E-state index in [-0.39, 0.29) is 77.0 Å². The Bertz CT molecular complexity index is 8.00. The molecule has 0 saturated heterocycles. The van der Waals surface area contributed by atoms with Crippen LogP contribution in [0.3, 0.4) is 0 Å². The standard InChI is InChI=1S/Al.Mg.Mn.Zn. The van der Waals surface area contributed by atoms with Gasteiger partial charge in [0.05, 0.1) is 0 Å². The van der Waals surface area contributed by atoms with E-state index in [0.29, 0.717) is 0 Å². The molecule has 0 saturated carbocycles. The van der Waals surface area contributed by atoms with Gasteiger partial charge in [-0.25, -0.2) is 0 Å². The Morgan fingerprint density at radius 1 is 1.00 bits per heavy atom. The first-order valence-corrected chi connectivity index (χ1v) is 0. The van der Waals surface area contributed by atoms with Crippen LogP contribution in [-0.2, 0) is 36.5 Å². The van der Waals surface area contributed by atoms with Crippen LogP contribution in [0, 0.1) is 0 Å². The van der Waals surface area contributed by atoms with E-state index < -0.39 is 0 Å². The second-order valence-electron chi connectivity index (χ2n) is 0. The van der Waals surface area contributed by atoms with E-state index in [4.69, 9.17) is 0 Å². The van der Waals surface area contributed by atoms with E-state index in [1.54, 1.807) is 0 Å². The zero-order chi connectivity index (χ0) is 0. The van der Waals surface area contributed by atoms with Crippen LogP contribution in [0.4, 0.5) is 0 Å². The van der Waals surface area contributed by atoms with Gasteiger partial charge >= 0.3 is 0 Å². The van der Waals surface area contributed by atoms with Crippen LogP contribution in [0.2, 0.25) is 0 Å². The minimum absolute atomic E-state index is 0. The average molecular weight is 172 g/mol. The van der Waals surface area contributed by atoms with Crippen molar-refractivity contribution in [1.29, 1.82) is 0 Å². The first-order valence-electron chi connectivity index (χ1n) is 0. The van der Waals surface area contributed by atoms with Crippen LogP contribution >= 0.6 is 0 Å². The molecule has 0 aliphatic rings. The van der Waals surface area contributed by atoms with Crippen molar-refractivity contribution < 1.29 is 36.5 Å². The molecule has 4 heteroatoms. The van der Waals surface area contributed by atoms with Crippen LogP contribution in [0.5, 0.6) is 0 Å². The van der Waals surface area contributed by atoms with Gasteiger partial charge in [-0.3, -0.25) is 0 Å². The van der Waals surface area contributed by atoms with E-state index >= 15 is 0 Å². The fourth-order valence-corrected chi connectivity index (χ4v) is 0. The predicted molar refractivity (Wildman–Crippen MR) is 11.5 cm³/mol. The minimum Gasteiger partial charge on any atom is 0 e. The third kappa shape index (κ3) is 8.82. The summed E-state index contributed by atoms with van der Waals surface area (Å²) >= 11 is 0. The molecule has 0 unspecified atom stereocenters. The maximum absolute atomic E-state index is 0. The van der Waals surface area contributed by atoms with Gasteiger partial charge < -0.3 is 0 Å². The zero-order valence-electron chi connectivity index (χ0n) is 2.37. The predicted octanol–water partition coefficient (Wildman–Crippen LogP) is -0.767. The topological polar surface area (TPSA) is 0 Å². The summed E-state index contributed by atoms with van der Waals surface area (Å²) < 4.78 is 0. The van der Waals surface area contributed by atoms with Gasteiger partial charge in [-0.2, -0.15) is 0 Å². The van der Waals surface area contributed by atoms with E-state index in [1.165, 1.54) is 0 Å². The minimum atomic E-state index is 0. The van der Waals surface area contributed by atoms with Crippen molar-refractivity contribution in [3.05, 3.63) is 0 Å². The second kappa shape index (κ2) is 18.0. The Morgan fingerprint density at radius 3 is 1.00 bits per heavy atom. The van der Waals surface area contributed by atoms with Crippen LogP contribution in [-0.4, -0.2) is 40.4 Å². The molecule has 0 aromatic heterocycles. The third-order valence-electron chi connectivity index (χ3n) is 0. The van der Waals surface area contributed by atoms with Crippen LogP contribution in [0.15, 0.2) is 0 Å². The first-order chi connectivity index (χ1) is 0. The molecule has 0 rings (SSSR count). The summed E-state index contributed by atoms with van der Waals surface area (Å²) in [5.41, 5.74) is 0. The molecule has 0 atom stereocenters. The van der Waals surface area contributed by atoms with Crippen LogP contribution in [0.25, 0.3) is 0 Å². The number of hydrogen-bond donors (Lipinski definition) is 0. The Kier molecular flexibility index (Phi) is 144. The molecule has 0 N–H and O–H groups in total. The van der Waals surface area contributed by atoms with Gasteiger partial charge in [0.15, 0.2) is 0 Å². The van der Waals surface area contributed by atoms with Gasteiger partial charge in [0, 0.05) is 77.0 Å². The summed E-state index contributed by atoms with van der Waals surface area (Å²) in [6.07, 6.45) is 0. The molecule has 0 amide bonds. The van der Waals surface area contributed by atoms with E-state index in [9.17, 15) is 0 Å². The Morgan fingerprint density at radius 2 is 1.00 bits per heavy atom. The quantitative estimate of drug-likeness (QED) is 0.420. The maximum atomic E-state index is 0. The van der Waals surface area contributed by atoms with Crippen molar-refractivity contribution in [3.63, 3.8) is 0 Å². The van der Waals surface area contributed by atoms with E-state index in [1.807, 2.05) is 0 Å². The average Bonchev–Trinajstić information content (AvgIpc) is 0. The fraction of sp³-hybridized carbons (Fsp3) is 0. The summed E-state index contributed by atoms with van der Waals surface area (Å²) in [6, 6.07) is 0. The Balaban J connectivity index is 0. The van der Waals surface area contributed by atoms with Crippen LogP contribution < -0.4 is 0 Å². The summed E-state index contributed by atoms with van der Waals surface area (Å²) in [4.78, 5) is 0. The van der Waals surface area contributed by atoms with Gasteiger partial charge in [0.1, 0.15) is 0 Å². The number of hydrogen-bond acceptors (Lipinski definition) is 0. The van der Waals surface area contributed by atoms with Gasteiger partial charge in [-0.05, 0) is 0 Å². The van der Waals surface area contributed by atoms with Crippen molar-refractivity contribution in [1.82, 2.24) is 0 Å². The fourth-order valence-electron chi connectivity index (χ4n) is 0. The molecule has 14 valence electrons. The summed E-state index contributed by atoms with van der Waals surface area (Å²) in [6.45, 7) is 0. The zero-order valence-corrected chi connectivity index (χ0v) is 9.09. The molecule has 0 aliphatic carbocycles. The molecule has 0 heterocycles. The summed E-state index contributed by atoms with van der Waals surface area (Å²) in [7, 11) is 0. The third-order valence-corrected chi connectivity index (χ3v) is 0. The van der Waals surface area contributed by atoms with Gasteiger partial charge in [0.25, 0.3) is 0 Å². The normalized spacial score (nSPS) is 0. The summed E-state index contributed by atoms with van der Waals surface area (Å²) in [5.74, 6) is 0. The molecule has 0 aliphatic heterocycles. The molecule has 0 aromatic carbocycles. The smallest absolute Gasteiger partial charge is 0 e.